The topological polar surface area (TPSA) is 75.6 Å². The minimum absolute atomic E-state index is 0.419. The van der Waals surface area contributed by atoms with Crippen LogP contribution in [0.15, 0.2) is 30.3 Å². The molecule has 0 aliphatic rings. The second-order valence-corrected chi connectivity index (χ2v) is 3.66. The first-order valence-electron chi connectivity index (χ1n) is 5.25. The summed E-state index contributed by atoms with van der Waals surface area (Å²) >= 11 is 0. The molecule has 1 aromatic carbocycles. The van der Waals surface area contributed by atoms with Gasteiger partial charge in [0.05, 0.1) is 0 Å². The Hall–Kier alpha value is -2.04. The molecule has 0 saturated heterocycles. The summed E-state index contributed by atoms with van der Waals surface area (Å²) in [4.78, 5) is 21.9. The predicted molar refractivity (Wildman–Crippen MR) is 61.6 cm³/mol. The quantitative estimate of drug-likeness (QED) is 0.839. The molecule has 1 rings (SSSR count). The van der Waals surface area contributed by atoms with Gasteiger partial charge in [0.15, 0.2) is 0 Å². The highest BCUT2D eigenvalue weighted by Crippen LogP contribution is 2.15. The maximum atomic E-state index is 11.3. The van der Waals surface area contributed by atoms with Gasteiger partial charge in [-0.2, -0.15) is 0 Å². The van der Waals surface area contributed by atoms with Crippen molar-refractivity contribution in [3.63, 3.8) is 0 Å². The Morgan fingerprint density at radius 1 is 1.24 bits per heavy atom. The summed E-state index contributed by atoms with van der Waals surface area (Å²) in [5.41, 5.74) is 0.852. The molecular weight excluding hydrogens is 222 g/mol. The number of hydrogen-bond donors (Lipinski definition) is 2. The van der Waals surface area contributed by atoms with E-state index in [4.69, 9.17) is 9.84 Å². The van der Waals surface area contributed by atoms with Gasteiger partial charge in [0, 0.05) is 0 Å². The number of carbonyl (C=O) groups excluding carboxylic acids is 1. The van der Waals surface area contributed by atoms with Crippen LogP contribution in [0.3, 0.4) is 0 Å². The molecular formula is C12H15NO4. The number of rotatable bonds is 4. The van der Waals surface area contributed by atoms with Crippen LogP contribution in [0.25, 0.3) is 0 Å². The van der Waals surface area contributed by atoms with Crippen LogP contribution in [0.4, 0.5) is 4.79 Å². The highest BCUT2D eigenvalue weighted by atomic mass is 16.6. The Morgan fingerprint density at radius 3 is 2.35 bits per heavy atom. The maximum Gasteiger partial charge on any atom is 0.408 e. The summed E-state index contributed by atoms with van der Waals surface area (Å²) in [6, 6.07) is 8.24. The lowest BCUT2D eigenvalue weighted by Crippen LogP contribution is -2.38. The number of amides is 1. The normalized spacial score (nSPS) is 13.5. The molecule has 0 saturated carbocycles. The summed E-state index contributed by atoms with van der Waals surface area (Å²) < 4.78 is 5.04. The number of aliphatic carboxylic acids is 1. The van der Waals surface area contributed by atoms with Gasteiger partial charge in [-0.25, -0.2) is 4.79 Å². The standard InChI is InChI=1S/C12H15NO4/c1-8(11(14)15)13-12(16)17-9(2)10-6-4-3-5-7-10/h3-9H,1-2H3,(H,13,16)(H,14,15)/t8-,9-/m0/s1. The fraction of sp³-hybridized carbons (Fsp3) is 0.333. The van der Waals surface area contributed by atoms with E-state index in [-0.39, 0.29) is 0 Å². The maximum absolute atomic E-state index is 11.3. The number of alkyl carbamates (subject to hydrolysis) is 1. The Morgan fingerprint density at radius 2 is 1.82 bits per heavy atom. The third-order valence-corrected chi connectivity index (χ3v) is 2.26. The summed E-state index contributed by atoms with van der Waals surface area (Å²) in [6.07, 6.45) is -1.16. The second kappa shape index (κ2) is 5.89. The molecule has 0 radical (unpaired) electrons. The predicted octanol–water partition coefficient (Wildman–Crippen LogP) is 1.95. The van der Waals surface area contributed by atoms with Crippen LogP contribution in [-0.2, 0) is 9.53 Å². The van der Waals surface area contributed by atoms with Gasteiger partial charge < -0.3 is 15.2 Å². The molecule has 5 nitrogen and oxygen atoms in total. The van der Waals surface area contributed by atoms with Crippen molar-refractivity contribution in [2.45, 2.75) is 26.0 Å². The number of hydrogen-bond acceptors (Lipinski definition) is 3. The van der Waals surface area contributed by atoms with E-state index in [1.54, 1.807) is 6.92 Å². The SMILES string of the molecule is C[C@H](NC(=O)O[C@@H](C)c1ccccc1)C(=O)O. The molecule has 0 fully saturated rings. The van der Waals surface area contributed by atoms with Gasteiger partial charge in [-0.3, -0.25) is 4.79 Å². The molecule has 0 heterocycles. The second-order valence-electron chi connectivity index (χ2n) is 3.66. The fourth-order valence-corrected chi connectivity index (χ4v) is 1.23. The Balaban J connectivity index is 2.49. The number of benzene rings is 1. The van der Waals surface area contributed by atoms with E-state index >= 15 is 0 Å². The van der Waals surface area contributed by atoms with Crippen molar-refractivity contribution in [1.82, 2.24) is 5.32 Å². The fourth-order valence-electron chi connectivity index (χ4n) is 1.23. The van der Waals surface area contributed by atoms with E-state index in [9.17, 15) is 9.59 Å². The number of ether oxygens (including phenoxy) is 1. The van der Waals surface area contributed by atoms with E-state index in [0.29, 0.717) is 0 Å². The van der Waals surface area contributed by atoms with Crippen molar-refractivity contribution in [2.24, 2.45) is 0 Å². The number of carboxylic acid groups (broad SMARTS) is 1. The zero-order valence-corrected chi connectivity index (χ0v) is 9.71. The summed E-state index contributed by atoms with van der Waals surface area (Å²) in [5, 5.41) is 10.8. The van der Waals surface area contributed by atoms with Crippen LogP contribution >= 0.6 is 0 Å². The van der Waals surface area contributed by atoms with E-state index in [1.165, 1.54) is 6.92 Å². The van der Waals surface area contributed by atoms with Gasteiger partial charge in [-0.15, -0.1) is 0 Å². The van der Waals surface area contributed by atoms with Crippen molar-refractivity contribution in [3.8, 4) is 0 Å². The Bertz CT molecular complexity index is 391. The molecule has 0 aliphatic carbocycles. The molecule has 2 N–H and O–H groups in total. The first-order chi connectivity index (χ1) is 8.00. The summed E-state index contributed by atoms with van der Waals surface area (Å²) in [5.74, 6) is -1.10. The molecule has 1 aromatic rings. The third-order valence-electron chi connectivity index (χ3n) is 2.26. The largest absolute Gasteiger partial charge is 0.480 e. The minimum Gasteiger partial charge on any atom is -0.480 e. The minimum atomic E-state index is -1.10. The smallest absolute Gasteiger partial charge is 0.408 e. The molecule has 5 heteroatoms. The zero-order chi connectivity index (χ0) is 12.8. The van der Waals surface area contributed by atoms with Crippen LogP contribution in [0, 0.1) is 0 Å². The Kier molecular flexibility index (Phi) is 4.51. The zero-order valence-electron chi connectivity index (χ0n) is 9.71. The molecule has 92 valence electrons. The number of carboxylic acids is 1. The van der Waals surface area contributed by atoms with Crippen LogP contribution in [-0.4, -0.2) is 23.2 Å². The van der Waals surface area contributed by atoms with Gasteiger partial charge >= 0.3 is 12.1 Å². The van der Waals surface area contributed by atoms with Crippen LogP contribution < -0.4 is 5.32 Å². The third kappa shape index (κ3) is 4.14. The molecule has 0 bridgehead atoms. The summed E-state index contributed by atoms with van der Waals surface area (Å²) in [6.45, 7) is 3.09. The molecule has 0 aromatic heterocycles. The average molecular weight is 237 g/mol. The van der Waals surface area contributed by atoms with Crippen molar-refractivity contribution in [2.75, 3.05) is 0 Å². The summed E-state index contributed by atoms with van der Waals surface area (Å²) in [7, 11) is 0. The van der Waals surface area contributed by atoms with Crippen LogP contribution in [0.1, 0.15) is 25.5 Å². The van der Waals surface area contributed by atoms with Gasteiger partial charge in [0.1, 0.15) is 12.1 Å². The van der Waals surface area contributed by atoms with Crippen molar-refractivity contribution in [3.05, 3.63) is 35.9 Å². The Labute approximate surface area is 99.4 Å². The highest BCUT2D eigenvalue weighted by molar-refractivity contribution is 5.79. The van der Waals surface area contributed by atoms with E-state index in [1.807, 2.05) is 30.3 Å². The van der Waals surface area contributed by atoms with Gasteiger partial charge in [-0.05, 0) is 19.4 Å². The van der Waals surface area contributed by atoms with E-state index in [2.05, 4.69) is 5.32 Å². The molecule has 0 spiro atoms. The van der Waals surface area contributed by atoms with Crippen LogP contribution in [0.2, 0.25) is 0 Å². The lowest BCUT2D eigenvalue weighted by atomic mass is 10.1. The molecule has 17 heavy (non-hydrogen) atoms. The van der Waals surface area contributed by atoms with Gasteiger partial charge in [0.2, 0.25) is 0 Å². The molecule has 0 aliphatic heterocycles. The number of nitrogens with one attached hydrogen (secondary N) is 1. The van der Waals surface area contributed by atoms with E-state index in [0.717, 1.165) is 5.56 Å². The highest BCUT2D eigenvalue weighted by Gasteiger charge is 2.17. The number of carbonyl (C=O) groups is 2. The van der Waals surface area contributed by atoms with Gasteiger partial charge in [0.25, 0.3) is 0 Å². The van der Waals surface area contributed by atoms with Gasteiger partial charge in [-0.1, -0.05) is 30.3 Å². The average Bonchev–Trinajstić information content (AvgIpc) is 2.29. The monoisotopic (exact) mass is 237 g/mol. The first kappa shape index (κ1) is 13.0. The van der Waals surface area contributed by atoms with Crippen molar-refractivity contribution < 1.29 is 19.4 Å². The van der Waals surface area contributed by atoms with E-state index < -0.39 is 24.2 Å². The van der Waals surface area contributed by atoms with Crippen molar-refractivity contribution in [1.29, 1.82) is 0 Å². The molecule has 2 atom stereocenters. The molecule has 0 unspecified atom stereocenters. The molecule has 1 amide bonds. The lowest BCUT2D eigenvalue weighted by molar-refractivity contribution is -0.138. The first-order valence-corrected chi connectivity index (χ1v) is 5.25. The van der Waals surface area contributed by atoms with Crippen LogP contribution in [0.5, 0.6) is 0 Å². The lowest BCUT2D eigenvalue weighted by Gasteiger charge is -2.15. The van der Waals surface area contributed by atoms with Crippen molar-refractivity contribution >= 4 is 12.1 Å².